The minimum absolute atomic E-state index is 0.101. The Bertz CT molecular complexity index is 417. The van der Waals surface area contributed by atoms with Crippen molar-refractivity contribution in [1.29, 1.82) is 0 Å². The molecule has 5 nitrogen and oxygen atoms in total. The number of carbonyl (C=O) groups is 1. The third-order valence-electron chi connectivity index (χ3n) is 3.21. The first-order chi connectivity index (χ1) is 7.84. The third-order valence-corrected chi connectivity index (χ3v) is 3.21. The summed E-state index contributed by atoms with van der Waals surface area (Å²) in [5.74, 6) is -0.140. The van der Waals surface area contributed by atoms with Crippen molar-refractivity contribution >= 4 is 17.9 Å². The predicted molar refractivity (Wildman–Crippen MR) is 61.0 cm³/mol. The Morgan fingerprint density at radius 2 is 1.94 bits per heavy atom. The van der Waals surface area contributed by atoms with E-state index in [0.29, 0.717) is 12.8 Å². The van der Waals surface area contributed by atoms with E-state index in [2.05, 4.69) is 9.98 Å². The van der Waals surface area contributed by atoms with Gasteiger partial charge in [0.1, 0.15) is 6.04 Å². The summed E-state index contributed by atoms with van der Waals surface area (Å²) < 4.78 is 0. The number of aliphatic imine (C=N–C) groups is 2. The second-order valence-electron chi connectivity index (χ2n) is 5.61. The van der Waals surface area contributed by atoms with Crippen molar-refractivity contribution in [3.8, 4) is 0 Å². The zero-order chi connectivity index (χ0) is 13.1. The Balaban J connectivity index is 3.07. The van der Waals surface area contributed by atoms with Gasteiger partial charge in [0.2, 0.25) is 12.2 Å². The van der Waals surface area contributed by atoms with Crippen LogP contribution in [0.5, 0.6) is 0 Å². The number of nitrogens with zero attached hydrogens (tertiary/aromatic N) is 2. The Kier molecular flexibility index (Phi) is 3.76. The molecule has 1 saturated carbocycles. The van der Waals surface area contributed by atoms with Gasteiger partial charge in [0.05, 0.1) is 6.54 Å². The van der Waals surface area contributed by atoms with Gasteiger partial charge in [-0.05, 0) is 18.3 Å². The SMILES string of the molecule is CC1(C)CC(N=C=O)C(=O)C(C)(CN=C=O)C1. The molecule has 2 unspecified atom stereocenters. The van der Waals surface area contributed by atoms with E-state index in [9.17, 15) is 14.4 Å². The molecule has 5 heteroatoms. The van der Waals surface area contributed by atoms with Crippen molar-refractivity contribution in [2.45, 2.75) is 39.7 Å². The van der Waals surface area contributed by atoms with Gasteiger partial charge in [-0.3, -0.25) is 4.79 Å². The van der Waals surface area contributed by atoms with Crippen molar-refractivity contribution in [3.63, 3.8) is 0 Å². The van der Waals surface area contributed by atoms with Crippen LogP contribution in [0.3, 0.4) is 0 Å². The quantitative estimate of drug-likeness (QED) is 0.549. The summed E-state index contributed by atoms with van der Waals surface area (Å²) in [5.41, 5.74) is -0.865. The number of rotatable bonds is 3. The Labute approximate surface area is 100 Å². The van der Waals surface area contributed by atoms with Crippen LogP contribution in [0.25, 0.3) is 0 Å². The van der Waals surface area contributed by atoms with Crippen LogP contribution in [-0.4, -0.2) is 30.5 Å². The summed E-state index contributed by atoms with van der Waals surface area (Å²) >= 11 is 0. The van der Waals surface area contributed by atoms with Gasteiger partial charge in [-0.15, -0.1) is 0 Å². The lowest BCUT2D eigenvalue weighted by atomic mass is 9.62. The lowest BCUT2D eigenvalue weighted by Gasteiger charge is -2.42. The predicted octanol–water partition coefficient (Wildman–Crippen LogP) is 1.42. The summed E-state index contributed by atoms with van der Waals surface area (Å²) in [5, 5.41) is 0. The topological polar surface area (TPSA) is 75.9 Å². The Morgan fingerprint density at radius 1 is 1.29 bits per heavy atom. The molecule has 0 heterocycles. The van der Waals surface area contributed by atoms with E-state index in [-0.39, 0.29) is 17.7 Å². The third kappa shape index (κ3) is 2.96. The highest BCUT2D eigenvalue weighted by Crippen LogP contribution is 2.44. The summed E-state index contributed by atoms with van der Waals surface area (Å²) in [7, 11) is 0. The summed E-state index contributed by atoms with van der Waals surface area (Å²) in [4.78, 5) is 39.7. The van der Waals surface area contributed by atoms with Crippen LogP contribution in [0.4, 0.5) is 0 Å². The van der Waals surface area contributed by atoms with Gasteiger partial charge >= 0.3 is 0 Å². The molecule has 0 spiro atoms. The van der Waals surface area contributed by atoms with Gasteiger partial charge in [0, 0.05) is 5.41 Å². The molecular weight excluding hydrogens is 220 g/mol. The lowest BCUT2D eigenvalue weighted by molar-refractivity contribution is -0.134. The molecule has 0 bridgehead atoms. The van der Waals surface area contributed by atoms with Gasteiger partial charge in [0.15, 0.2) is 5.78 Å². The second kappa shape index (κ2) is 4.74. The number of isocyanates is 2. The molecule has 2 atom stereocenters. The lowest BCUT2D eigenvalue weighted by Crippen LogP contribution is -2.48. The highest BCUT2D eigenvalue weighted by Gasteiger charge is 2.48. The van der Waals surface area contributed by atoms with Gasteiger partial charge in [-0.25, -0.2) is 14.6 Å². The van der Waals surface area contributed by atoms with E-state index in [1.54, 1.807) is 6.92 Å². The average molecular weight is 236 g/mol. The average Bonchev–Trinajstić information content (AvgIpc) is 2.22. The highest BCUT2D eigenvalue weighted by atomic mass is 16.1. The molecule has 0 aliphatic heterocycles. The molecular formula is C12H16N2O3. The van der Waals surface area contributed by atoms with E-state index >= 15 is 0 Å². The minimum atomic E-state index is -0.746. The van der Waals surface area contributed by atoms with Crippen LogP contribution < -0.4 is 0 Å². The van der Waals surface area contributed by atoms with Gasteiger partial charge in [-0.1, -0.05) is 20.8 Å². The molecule has 0 saturated heterocycles. The van der Waals surface area contributed by atoms with E-state index in [0.717, 1.165) is 0 Å². The van der Waals surface area contributed by atoms with Crippen LogP contribution in [0, 0.1) is 10.8 Å². The maximum absolute atomic E-state index is 12.2. The Hall–Kier alpha value is -1.57. The van der Waals surface area contributed by atoms with Crippen molar-refractivity contribution in [2.75, 3.05) is 6.54 Å². The fraction of sp³-hybridized carbons (Fsp3) is 0.750. The number of ketones is 1. The molecule has 0 aromatic carbocycles. The van der Waals surface area contributed by atoms with Crippen LogP contribution in [-0.2, 0) is 14.4 Å². The molecule has 92 valence electrons. The molecule has 0 aromatic heterocycles. The maximum atomic E-state index is 12.2. The van der Waals surface area contributed by atoms with Gasteiger partial charge < -0.3 is 0 Å². The second-order valence-corrected chi connectivity index (χ2v) is 5.61. The normalized spacial score (nSPS) is 31.2. The first-order valence-corrected chi connectivity index (χ1v) is 5.50. The molecule has 1 aliphatic carbocycles. The van der Waals surface area contributed by atoms with Crippen molar-refractivity contribution in [1.82, 2.24) is 0 Å². The van der Waals surface area contributed by atoms with E-state index in [1.165, 1.54) is 12.2 Å². The molecule has 1 fully saturated rings. The largest absolute Gasteiger partial charge is 0.297 e. The first-order valence-electron chi connectivity index (χ1n) is 5.50. The zero-order valence-electron chi connectivity index (χ0n) is 10.3. The molecule has 0 radical (unpaired) electrons. The monoisotopic (exact) mass is 236 g/mol. The number of carbonyl (C=O) groups excluding carboxylic acids is 3. The molecule has 0 amide bonds. The van der Waals surface area contributed by atoms with Crippen molar-refractivity contribution in [2.24, 2.45) is 20.8 Å². The van der Waals surface area contributed by atoms with E-state index < -0.39 is 11.5 Å². The van der Waals surface area contributed by atoms with Crippen molar-refractivity contribution < 1.29 is 14.4 Å². The summed E-state index contributed by atoms with van der Waals surface area (Å²) in [6.07, 6.45) is 4.04. The molecule has 1 aliphatic rings. The number of hydrogen-bond donors (Lipinski definition) is 0. The molecule has 1 rings (SSSR count). The smallest absolute Gasteiger partial charge is 0.235 e. The number of Topliss-reactive ketones (excluding diaryl/α,β-unsaturated/α-hetero) is 1. The van der Waals surface area contributed by atoms with Gasteiger partial charge in [0.25, 0.3) is 0 Å². The van der Waals surface area contributed by atoms with Crippen LogP contribution in [0.2, 0.25) is 0 Å². The molecule has 17 heavy (non-hydrogen) atoms. The summed E-state index contributed by atoms with van der Waals surface area (Å²) in [6.45, 7) is 5.87. The fourth-order valence-electron chi connectivity index (χ4n) is 2.74. The summed E-state index contributed by atoms with van der Waals surface area (Å²) in [6, 6.07) is -0.664. The fourth-order valence-corrected chi connectivity index (χ4v) is 2.74. The molecule has 0 aromatic rings. The number of hydrogen-bond acceptors (Lipinski definition) is 5. The molecule has 0 N–H and O–H groups in total. The van der Waals surface area contributed by atoms with Gasteiger partial charge in [-0.2, -0.15) is 4.99 Å². The minimum Gasteiger partial charge on any atom is -0.297 e. The van der Waals surface area contributed by atoms with E-state index in [1.807, 2.05) is 13.8 Å². The van der Waals surface area contributed by atoms with E-state index in [4.69, 9.17) is 0 Å². The standard InChI is InChI=1S/C12H16N2O3/c1-11(2)4-9(14-8-16)10(17)12(3,5-11)6-13-7-15/h9H,4-6H2,1-3H3. The van der Waals surface area contributed by atoms with Crippen LogP contribution >= 0.6 is 0 Å². The highest BCUT2D eigenvalue weighted by molar-refractivity contribution is 5.91. The van der Waals surface area contributed by atoms with Crippen LogP contribution in [0.1, 0.15) is 33.6 Å². The first kappa shape index (κ1) is 13.5. The zero-order valence-corrected chi connectivity index (χ0v) is 10.3. The van der Waals surface area contributed by atoms with Crippen molar-refractivity contribution in [3.05, 3.63) is 0 Å². The maximum Gasteiger partial charge on any atom is 0.235 e. The van der Waals surface area contributed by atoms with Crippen LogP contribution in [0.15, 0.2) is 9.98 Å². The Morgan fingerprint density at radius 3 is 2.47 bits per heavy atom.